The number of aryl methyl sites for hydroxylation is 1. The van der Waals surface area contributed by atoms with Gasteiger partial charge >= 0.3 is 0 Å². The van der Waals surface area contributed by atoms with Crippen LogP contribution in [0.5, 0.6) is 11.5 Å². The summed E-state index contributed by atoms with van der Waals surface area (Å²) in [6, 6.07) is 8.31. The van der Waals surface area contributed by atoms with Crippen LogP contribution in [0.25, 0.3) is 0 Å². The first-order valence-corrected chi connectivity index (χ1v) is 7.13. The Morgan fingerprint density at radius 2 is 1.95 bits per heavy atom. The molecule has 1 atom stereocenters. The van der Waals surface area contributed by atoms with Crippen molar-refractivity contribution in [3.05, 3.63) is 41.7 Å². The van der Waals surface area contributed by atoms with Gasteiger partial charge in [-0.25, -0.2) is 0 Å². The second-order valence-corrected chi connectivity index (χ2v) is 4.81. The van der Waals surface area contributed by atoms with Crippen molar-refractivity contribution in [2.75, 3.05) is 21.3 Å². The fourth-order valence-corrected chi connectivity index (χ4v) is 2.50. The van der Waals surface area contributed by atoms with Crippen LogP contribution in [0, 0.1) is 0 Å². The predicted octanol–water partition coefficient (Wildman–Crippen LogP) is 2.42. The Balaban J connectivity index is 2.23. The molecule has 0 spiro atoms. The van der Waals surface area contributed by atoms with Gasteiger partial charge in [0.05, 0.1) is 26.0 Å². The van der Waals surface area contributed by atoms with Crippen molar-refractivity contribution in [1.82, 2.24) is 15.1 Å². The fraction of sp³-hybridized carbons (Fsp3) is 0.438. The highest BCUT2D eigenvalue weighted by molar-refractivity contribution is 5.43. The highest BCUT2D eigenvalue weighted by Gasteiger charge is 2.15. The van der Waals surface area contributed by atoms with Gasteiger partial charge in [-0.05, 0) is 44.2 Å². The molecule has 2 rings (SSSR count). The van der Waals surface area contributed by atoms with Gasteiger partial charge in [0, 0.05) is 12.7 Å². The largest absolute Gasteiger partial charge is 0.493 e. The van der Waals surface area contributed by atoms with Crippen molar-refractivity contribution in [2.24, 2.45) is 0 Å². The molecule has 0 saturated carbocycles. The van der Waals surface area contributed by atoms with Crippen LogP contribution < -0.4 is 14.8 Å². The van der Waals surface area contributed by atoms with Gasteiger partial charge in [-0.3, -0.25) is 4.68 Å². The lowest BCUT2D eigenvalue weighted by Crippen LogP contribution is -2.22. The molecule has 0 fully saturated rings. The Kier molecular flexibility index (Phi) is 5.22. The van der Waals surface area contributed by atoms with E-state index in [9.17, 15) is 0 Å². The molecule has 1 N–H and O–H groups in total. The summed E-state index contributed by atoms with van der Waals surface area (Å²) in [5, 5.41) is 7.70. The first-order valence-electron chi connectivity index (χ1n) is 7.13. The first-order chi connectivity index (χ1) is 10.2. The number of nitrogens with one attached hydrogen (secondary N) is 1. The van der Waals surface area contributed by atoms with E-state index in [1.165, 1.54) is 11.3 Å². The van der Waals surface area contributed by atoms with Crippen molar-refractivity contribution in [1.29, 1.82) is 0 Å². The van der Waals surface area contributed by atoms with E-state index in [2.05, 4.69) is 29.5 Å². The topological polar surface area (TPSA) is 48.3 Å². The average Bonchev–Trinajstić information content (AvgIpc) is 3.00. The number of likely N-dealkylation sites (N-methyl/N-ethyl adjacent to an activating group) is 1. The van der Waals surface area contributed by atoms with Gasteiger partial charge < -0.3 is 14.8 Å². The van der Waals surface area contributed by atoms with Crippen LogP contribution in [0.1, 0.15) is 24.2 Å². The number of aromatic nitrogens is 2. The molecule has 5 nitrogen and oxygen atoms in total. The van der Waals surface area contributed by atoms with Crippen molar-refractivity contribution in [2.45, 2.75) is 25.9 Å². The van der Waals surface area contributed by atoms with Gasteiger partial charge in [-0.15, -0.1) is 0 Å². The minimum Gasteiger partial charge on any atom is -0.493 e. The zero-order valence-corrected chi connectivity index (χ0v) is 13.1. The molecule has 0 saturated heterocycles. The number of methoxy groups -OCH3 is 2. The van der Waals surface area contributed by atoms with Crippen LogP contribution in [0.15, 0.2) is 30.5 Å². The van der Waals surface area contributed by atoms with E-state index in [0.29, 0.717) is 0 Å². The van der Waals surface area contributed by atoms with E-state index >= 15 is 0 Å². The molecule has 5 heteroatoms. The molecule has 1 unspecified atom stereocenters. The van der Waals surface area contributed by atoms with Gasteiger partial charge in [-0.1, -0.05) is 6.07 Å². The molecular weight excluding hydrogens is 266 g/mol. The minimum atomic E-state index is 0.213. The van der Waals surface area contributed by atoms with Gasteiger partial charge in [0.1, 0.15) is 0 Å². The summed E-state index contributed by atoms with van der Waals surface area (Å²) >= 11 is 0. The van der Waals surface area contributed by atoms with Crippen LogP contribution in [0.4, 0.5) is 0 Å². The van der Waals surface area contributed by atoms with Crippen LogP contribution in [0.2, 0.25) is 0 Å². The molecule has 0 aliphatic carbocycles. The smallest absolute Gasteiger partial charge is 0.160 e. The molecule has 1 heterocycles. The second kappa shape index (κ2) is 7.13. The lowest BCUT2D eigenvalue weighted by Gasteiger charge is -2.18. The molecular formula is C16H23N3O2. The van der Waals surface area contributed by atoms with E-state index in [1.807, 2.05) is 30.1 Å². The third kappa shape index (κ3) is 3.36. The lowest BCUT2D eigenvalue weighted by atomic mass is 10.0. The standard InChI is InChI=1S/C16H23N3O2/c1-5-19-14(8-9-18-19)13(17-2)10-12-6-7-15(20-3)16(11-12)21-4/h6-9,11,13,17H,5,10H2,1-4H3. The third-order valence-electron chi connectivity index (χ3n) is 3.64. The predicted molar refractivity (Wildman–Crippen MR) is 83.0 cm³/mol. The molecule has 114 valence electrons. The van der Waals surface area contributed by atoms with Crippen molar-refractivity contribution in [3.8, 4) is 11.5 Å². The normalized spacial score (nSPS) is 12.2. The van der Waals surface area contributed by atoms with Crippen molar-refractivity contribution >= 4 is 0 Å². The zero-order valence-electron chi connectivity index (χ0n) is 13.1. The van der Waals surface area contributed by atoms with Crippen LogP contribution in [0.3, 0.4) is 0 Å². The van der Waals surface area contributed by atoms with E-state index in [4.69, 9.17) is 9.47 Å². The summed E-state index contributed by atoms with van der Waals surface area (Å²) in [4.78, 5) is 0. The average molecular weight is 289 g/mol. The fourth-order valence-electron chi connectivity index (χ4n) is 2.50. The summed E-state index contributed by atoms with van der Waals surface area (Å²) in [6.45, 7) is 2.96. The van der Waals surface area contributed by atoms with Gasteiger partial charge in [0.15, 0.2) is 11.5 Å². The molecule has 21 heavy (non-hydrogen) atoms. The summed E-state index contributed by atoms with van der Waals surface area (Å²) < 4.78 is 12.7. The Bertz CT molecular complexity index is 581. The lowest BCUT2D eigenvalue weighted by molar-refractivity contribution is 0.354. The Morgan fingerprint density at radius 3 is 2.57 bits per heavy atom. The Labute approximate surface area is 125 Å². The monoisotopic (exact) mass is 289 g/mol. The summed E-state index contributed by atoms with van der Waals surface area (Å²) in [7, 11) is 5.27. The number of hydrogen-bond donors (Lipinski definition) is 1. The third-order valence-corrected chi connectivity index (χ3v) is 3.64. The SMILES string of the molecule is CCn1nccc1C(Cc1ccc(OC)c(OC)c1)NC. The highest BCUT2D eigenvalue weighted by atomic mass is 16.5. The van der Waals surface area contributed by atoms with Crippen molar-refractivity contribution < 1.29 is 9.47 Å². The summed E-state index contributed by atoms with van der Waals surface area (Å²) in [5.41, 5.74) is 2.38. The van der Waals surface area contributed by atoms with E-state index in [1.54, 1.807) is 14.2 Å². The first kappa shape index (κ1) is 15.4. The Hall–Kier alpha value is -2.01. The molecule has 0 bridgehead atoms. The van der Waals surface area contributed by atoms with Crippen molar-refractivity contribution in [3.63, 3.8) is 0 Å². The maximum atomic E-state index is 5.36. The summed E-state index contributed by atoms with van der Waals surface area (Å²) in [6.07, 6.45) is 2.71. The molecule has 2 aromatic rings. The highest BCUT2D eigenvalue weighted by Crippen LogP contribution is 2.29. The quantitative estimate of drug-likeness (QED) is 0.850. The van der Waals surface area contributed by atoms with Gasteiger partial charge in [0.2, 0.25) is 0 Å². The van der Waals surface area contributed by atoms with Gasteiger partial charge in [0.25, 0.3) is 0 Å². The molecule has 1 aromatic heterocycles. The van der Waals surface area contributed by atoms with E-state index < -0.39 is 0 Å². The maximum absolute atomic E-state index is 5.36. The number of ether oxygens (including phenoxy) is 2. The number of benzene rings is 1. The van der Waals surface area contributed by atoms with Crippen LogP contribution in [-0.2, 0) is 13.0 Å². The number of nitrogens with zero attached hydrogens (tertiary/aromatic N) is 2. The molecule has 1 aromatic carbocycles. The maximum Gasteiger partial charge on any atom is 0.160 e. The van der Waals surface area contributed by atoms with Gasteiger partial charge in [-0.2, -0.15) is 5.10 Å². The summed E-state index contributed by atoms with van der Waals surface area (Å²) in [5.74, 6) is 1.51. The second-order valence-electron chi connectivity index (χ2n) is 4.81. The van der Waals surface area contributed by atoms with E-state index in [0.717, 1.165) is 24.5 Å². The molecule has 0 aliphatic heterocycles. The number of rotatable bonds is 7. The minimum absolute atomic E-state index is 0.213. The molecule has 0 aliphatic rings. The zero-order chi connectivity index (χ0) is 15.2. The molecule has 0 amide bonds. The van der Waals surface area contributed by atoms with Crippen LogP contribution in [-0.4, -0.2) is 31.0 Å². The Morgan fingerprint density at radius 1 is 1.19 bits per heavy atom. The molecule has 0 radical (unpaired) electrons. The number of hydrogen-bond acceptors (Lipinski definition) is 4. The van der Waals surface area contributed by atoms with Crippen LogP contribution >= 0.6 is 0 Å². The van der Waals surface area contributed by atoms with E-state index in [-0.39, 0.29) is 6.04 Å².